The number of allylic oxidation sites excluding steroid dienone is 2. The molecular weight excluding hydrogens is 490 g/mol. The zero-order valence-corrected chi connectivity index (χ0v) is 22.5. The molecule has 0 fully saturated rings. The molecule has 5 N–H and O–H groups in total. The Bertz CT molecular complexity index is 1190. The van der Waals surface area contributed by atoms with E-state index in [9.17, 15) is 14.7 Å². The predicted octanol–water partition coefficient (Wildman–Crippen LogP) is 3.75. The Kier molecular flexibility index (Phi) is 11.1. The number of nitrogens with two attached hydrogens (primary N) is 1. The summed E-state index contributed by atoms with van der Waals surface area (Å²) >= 11 is 0. The van der Waals surface area contributed by atoms with Gasteiger partial charge < -0.3 is 35.5 Å². The van der Waals surface area contributed by atoms with Crippen molar-refractivity contribution in [1.82, 2.24) is 10.3 Å². The minimum absolute atomic E-state index is 0.00363. The molecule has 0 bridgehead atoms. The van der Waals surface area contributed by atoms with Crippen LogP contribution in [0.15, 0.2) is 36.9 Å². The number of benzene rings is 1. The summed E-state index contributed by atoms with van der Waals surface area (Å²) in [6.07, 6.45) is 3.57. The van der Waals surface area contributed by atoms with Crippen LogP contribution in [0.1, 0.15) is 57.9 Å². The Morgan fingerprint density at radius 3 is 2.45 bits per heavy atom. The third-order valence-electron chi connectivity index (χ3n) is 5.85. The highest BCUT2D eigenvalue weighted by molar-refractivity contribution is 5.98. The number of nitrogens with one attached hydrogen (secondary N) is 1. The van der Waals surface area contributed by atoms with Crippen molar-refractivity contribution in [3.63, 3.8) is 0 Å². The Balaban J connectivity index is 2.25. The van der Waals surface area contributed by atoms with Crippen molar-refractivity contribution in [2.45, 2.75) is 40.2 Å². The number of carbonyl (C=O) groups is 2. The third-order valence-corrected chi connectivity index (χ3v) is 5.85. The first-order valence-electron chi connectivity index (χ1n) is 12.2. The molecule has 1 unspecified atom stereocenters. The predicted molar refractivity (Wildman–Crippen MR) is 145 cm³/mol. The molecule has 2 rings (SSSR count). The Morgan fingerprint density at radius 2 is 1.87 bits per heavy atom. The first-order valence-corrected chi connectivity index (χ1v) is 12.2. The molecule has 206 valence electrons. The van der Waals surface area contributed by atoms with E-state index in [1.165, 1.54) is 13.2 Å². The number of hydrogen-bond acceptors (Lipinski definition) is 8. The van der Waals surface area contributed by atoms with E-state index in [1.807, 2.05) is 13.8 Å². The van der Waals surface area contributed by atoms with Gasteiger partial charge in [0.1, 0.15) is 17.9 Å². The molecular formula is C28H37N3O7. The number of anilines is 1. The van der Waals surface area contributed by atoms with Gasteiger partial charge in [-0.15, -0.1) is 0 Å². The summed E-state index contributed by atoms with van der Waals surface area (Å²) in [5.41, 5.74) is 7.76. The average Bonchev–Trinajstić information content (AvgIpc) is 2.85. The second-order valence-electron chi connectivity index (χ2n) is 8.94. The van der Waals surface area contributed by atoms with Crippen LogP contribution in [0.25, 0.3) is 5.76 Å². The summed E-state index contributed by atoms with van der Waals surface area (Å²) in [4.78, 5) is 29.2. The minimum atomic E-state index is -1.18. The molecule has 0 aliphatic carbocycles. The van der Waals surface area contributed by atoms with E-state index in [2.05, 4.69) is 16.9 Å². The lowest BCUT2D eigenvalue weighted by Gasteiger charge is -2.25. The molecule has 2 aromatic rings. The summed E-state index contributed by atoms with van der Waals surface area (Å²) in [7, 11) is 1.48. The van der Waals surface area contributed by atoms with Crippen LogP contribution in [0, 0.1) is 19.8 Å². The minimum Gasteiger partial charge on any atom is -0.493 e. The molecule has 10 nitrogen and oxygen atoms in total. The number of nitrogen functional groups attached to an aromatic ring is 1. The van der Waals surface area contributed by atoms with E-state index in [0.29, 0.717) is 52.8 Å². The van der Waals surface area contributed by atoms with Crippen molar-refractivity contribution in [1.29, 1.82) is 0 Å². The van der Waals surface area contributed by atoms with Crippen molar-refractivity contribution in [2.24, 2.45) is 5.92 Å². The van der Waals surface area contributed by atoms with E-state index >= 15 is 0 Å². The number of carboxylic acids is 1. The van der Waals surface area contributed by atoms with Crippen LogP contribution in [-0.2, 0) is 4.74 Å². The van der Waals surface area contributed by atoms with Gasteiger partial charge in [0.2, 0.25) is 0 Å². The first-order chi connectivity index (χ1) is 18.0. The van der Waals surface area contributed by atoms with Crippen LogP contribution < -0.4 is 20.5 Å². The molecule has 1 amide bonds. The third kappa shape index (κ3) is 7.48. The van der Waals surface area contributed by atoms with E-state index in [4.69, 9.17) is 25.1 Å². The van der Waals surface area contributed by atoms with Crippen LogP contribution in [0.5, 0.6) is 11.5 Å². The van der Waals surface area contributed by atoms with Crippen molar-refractivity contribution in [3.8, 4) is 11.5 Å². The molecule has 0 radical (unpaired) electrons. The fraction of sp³-hybridized carbons (Fsp3) is 0.393. The molecule has 1 aromatic carbocycles. The van der Waals surface area contributed by atoms with Gasteiger partial charge in [-0.1, -0.05) is 26.5 Å². The number of rotatable bonds is 14. The van der Waals surface area contributed by atoms with Gasteiger partial charge in [-0.25, -0.2) is 4.79 Å². The molecule has 0 saturated heterocycles. The molecule has 1 aromatic heterocycles. The number of nitrogens with zero attached hydrogens (tertiary/aromatic N) is 1. The van der Waals surface area contributed by atoms with Gasteiger partial charge >= 0.3 is 5.97 Å². The zero-order valence-electron chi connectivity index (χ0n) is 22.5. The second kappa shape index (κ2) is 14.0. The van der Waals surface area contributed by atoms with E-state index < -0.39 is 12.0 Å². The number of methoxy groups -OCH3 is 1. The van der Waals surface area contributed by atoms with E-state index in [-0.39, 0.29) is 36.3 Å². The van der Waals surface area contributed by atoms with Gasteiger partial charge in [0.25, 0.3) is 5.91 Å². The highest BCUT2D eigenvalue weighted by Gasteiger charge is 2.24. The normalized spacial score (nSPS) is 12.1. The highest BCUT2D eigenvalue weighted by Crippen LogP contribution is 2.31. The Hall–Kier alpha value is -4.05. The van der Waals surface area contributed by atoms with Crippen LogP contribution in [0.4, 0.5) is 5.69 Å². The smallest absolute Gasteiger partial charge is 0.339 e. The second-order valence-corrected chi connectivity index (χ2v) is 8.94. The Morgan fingerprint density at radius 1 is 1.18 bits per heavy atom. The monoisotopic (exact) mass is 527 g/mol. The van der Waals surface area contributed by atoms with Crippen molar-refractivity contribution in [3.05, 3.63) is 65.0 Å². The largest absolute Gasteiger partial charge is 0.493 e. The number of aromatic nitrogens is 1. The van der Waals surface area contributed by atoms with Gasteiger partial charge in [0.15, 0.2) is 11.5 Å². The number of carboxylic acid groups (broad SMARTS) is 1. The topological polar surface area (TPSA) is 153 Å². The quantitative estimate of drug-likeness (QED) is 0.163. The molecule has 0 aliphatic rings. The lowest BCUT2D eigenvalue weighted by molar-refractivity contribution is 0.0696. The van der Waals surface area contributed by atoms with Crippen molar-refractivity contribution < 1.29 is 34.0 Å². The van der Waals surface area contributed by atoms with E-state index in [0.717, 1.165) is 0 Å². The molecule has 10 heteroatoms. The van der Waals surface area contributed by atoms with E-state index in [1.54, 1.807) is 38.1 Å². The number of pyridine rings is 1. The maximum atomic E-state index is 13.1. The van der Waals surface area contributed by atoms with Gasteiger partial charge in [-0.05, 0) is 44.0 Å². The van der Waals surface area contributed by atoms with Crippen LogP contribution >= 0.6 is 0 Å². The first kappa shape index (κ1) is 30.2. The van der Waals surface area contributed by atoms with Gasteiger partial charge in [-0.3, -0.25) is 9.78 Å². The summed E-state index contributed by atoms with van der Waals surface area (Å²) in [6.45, 7) is 11.3. The zero-order chi connectivity index (χ0) is 28.4. The summed E-state index contributed by atoms with van der Waals surface area (Å²) in [5, 5.41) is 21.5. The number of carbonyl (C=O) groups excluding carboxylic acids is 1. The SMILES string of the molecule is C=C/C=C(/OCC(NC(=O)c1ccc(OCCCO)c(OC)c1)C(C)C)c1c(C)nc(C)c(C(=O)O)c1N. The molecule has 1 atom stereocenters. The number of amides is 1. The number of aromatic carboxylic acids is 1. The fourth-order valence-electron chi connectivity index (χ4n) is 3.78. The summed E-state index contributed by atoms with van der Waals surface area (Å²) in [5.74, 6) is -0.342. The van der Waals surface area contributed by atoms with Gasteiger partial charge in [0, 0.05) is 18.6 Å². The number of hydrogen-bond donors (Lipinski definition) is 4. The number of aryl methyl sites for hydroxylation is 2. The lowest BCUT2D eigenvalue weighted by atomic mass is 10.0. The van der Waals surface area contributed by atoms with Gasteiger partial charge in [-0.2, -0.15) is 0 Å². The molecule has 0 aliphatic heterocycles. The van der Waals surface area contributed by atoms with Crippen molar-refractivity contribution in [2.75, 3.05) is 32.7 Å². The molecule has 0 saturated carbocycles. The van der Waals surface area contributed by atoms with Crippen molar-refractivity contribution >= 4 is 23.3 Å². The number of ether oxygens (including phenoxy) is 3. The van der Waals surface area contributed by atoms with Crippen LogP contribution in [-0.4, -0.2) is 60.0 Å². The highest BCUT2D eigenvalue weighted by atomic mass is 16.5. The maximum absolute atomic E-state index is 13.1. The average molecular weight is 528 g/mol. The van der Waals surface area contributed by atoms with Crippen LogP contribution in [0.3, 0.4) is 0 Å². The van der Waals surface area contributed by atoms with Gasteiger partial charge in [0.05, 0.1) is 42.4 Å². The molecule has 0 spiro atoms. The fourth-order valence-corrected chi connectivity index (χ4v) is 3.78. The lowest BCUT2D eigenvalue weighted by Crippen LogP contribution is -2.41. The number of aliphatic hydroxyl groups excluding tert-OH is 1. The summed E-state index contributed by atoms with van der Waals surface area (Å²) in [6, 6.07) is 4.46. The number of aliphatic hydroxyl groups is 1. The Labute approximate surface area is 223 Å². The standard InChI is InChI=1S/C28H37N3O7/c1-7-9-22(24-17(4)30-18(5)25(26(24)29)28(34)35)38-15-20(16(2)3)31-27(33)19-10-11-21(23(14-19)36-6)37-13-8-12-32/h7,9-11,14,16,20,32H,1,8,12-13,15H2,2-6H3,(H2,29,30)(H,31,33)(H,34,35)/b22-9+. The van der Waals surface area contributed by atoms with Crippen LogP contribution in [0.2, 0.25) is 0 Å². The summed E-state index contributed by atoms with van der Waals surface area (Å²) < 4.78 is 17.0. The molecule has 38 heavy (non-hydrogen) atoms. The molecule has 1 heterocycles. The maximum Gasteiger partial charge on any atom is 0.339 e.